The Morgan fingerprint density at radius 3 is 2.70 bits per heavy atom. The van der Waals surface area contributed by atoms with E-state index in [1.54, 1.807) is 0 Å². The molecule has 1 saturated carbocycles. The lowest BCUT2D eigenvalue weighted by molar-refractivity contribution is 0.469. The van der Waals surface area contributed by atoms with E-state index < -0.39 is 0 Å². The van der Waals surface area contributed by atoms with Crippen LogP contribution in [0.5, 0.6) is 0 Å². The number of piperazine rings is 1. The Balaban J connectivity index is 1.53. The second-order valence-electron chi connectivity index (χ2n) is 7.76. The molecule has 1 aliphatic carbocycles. The Bertz CT molecular complexity index is 928. The zero-order valence-corrected chi connectivity index (χ0v) is 15.8. The molecule has 1 saturated heterocycles. The number of anilines is 1. The van der Waals surface area contributed by atoms with Crippen LogP contribution in [-0.4, -0.2) is 39.4 Å². The maximum atomic E-state index is 5.08. The zero-order chi connectivity index (χ0) is 18.2. The van der Waals surface area contributed by atoms with E-state index in [-0.39, 0.29) is 0 Å². The van der Waals surface area contributed by atoms with Crippen molar-refractivity contribution in [3.8, 4) is 0 Å². The van der Waals surface area contributed by atoms with E-state index >= 15 is 0 Å². The van der Waals surface area contributed by atoms with Crippen molar-refractivity contribution in [2.75, 3.05) is 24.5 Å². The summed E-state index contributed by atoms with van der Waals surface area (Å²) in [5.74, 6) is 2.56. The van der Waals surface area contributed by atoms with Gasteiger partial charge < -0.3 is 10.2 Å². The molecule has 27 heavy (non-hydrogen) atoms. The fourth-order valence-corrected chi connectivity index (χ4v) is 4.48. The number of aryl methyl sites for hydroxylation is 1. The molecule has 2 aliphatic rings. The van der Waals surface area contributed by atoms with E-state index in [1.165, 1.54) is 31.2 Å². The third kappa shape index (κ3) is 3.08. The summed E-state index contributed by atoms with van der Waals surface area (Å²) in [4.78, 5) is 12.4. The number of benzene rings is 1. The highest BCUT2D eigenvalue weighted by Gasteiger charge is 2.27. The third-order valence-corrected chi connectivity index (χ3v) is 5.99. The summed E-state index contributed by atoms with van der Waals surface area (Å²) < 4.78 is 1.88. The summed E-state index contributed by atoms with van der Waals surface area (Å²) in [6.45, 7) is 2.81. The molecule has 0 amide bonds. The molecule has 1 unspecified atom stereocenters. The van der Waals surface area contributed by atoms with Crippen LogP contribution in [0.1, 0.15) is 49.0 Å². The van der Waals surface area contributed by atoms with Gasteiger partial charge in [-0.1, -0.05) is 43.2 Å². The highest BCUT2D eigenvalue weighted by molar-refractivity contribution is 5.87. The highest BCUT2D eigenvalue weighted by atomic mass is 15.3. The van der Waals surface area contributed by atoms with Gasteiger partial charge in [0.25, 0.3) is 0 Å². The summed E-state index contributed by atoms with van der Waals surface area (Å²) in [6, 6.07) is 11.0. The second kappa shape index (κ2) is 6.93. The van der Waals surface area contributed by atoms with Crippen molar-refractivity contribution < 1.29 is 0 Å². The minimum atomic E-state index is 0.316. The molecule has 1 N–H and O–H groups in total. The number of hydrogen-bond donors (Lipinski definition) is 1. The summed E-state index contributed by atoms with van der Waals surface area (Å²) in [5, 5.41) is 9.18. The van der Waals surface area contributed by atoms with Gasteiger partial charge in [-0.3, -0.25) is 4.68 Å². The number of rotatable bonds is 3. The van der Waals surface area contributed by atoms with Gasteiger partial charge in [-0.05, 0) is 18.4 Å². The van der Waals surface area contributed by atoms with Gasteiger partial charge in [-0.2, -0.15) is 5.10 Å². The number of aromatic nitrogens is 4. The first-order chi connectivity index (χ1) is 13.3. The first kappa shape index (κ1) is 16.7. The summed E-state index contributed by atoms with van der Waals surface area (Å²) in [6.07, 6.45) is 6.91. The van der Waals surface area contributed by atoms with Gasteiger partial charge in [0.2, 0.25) is 0 Å². The van der Waals surface area contributed by atoms with Gasteiger partial charge in [-0.15, -0.1) is 0 Å². The Morgan fingerprint density at radius 2 is 1.89 bits per heavy atom. The van der Waals surface area contributed by atoms with E-state index in [9.17, 15) is 0 Å². The fourth-order valence-electron chi connectivity index (χ4n) is 4.48. The monoisotopic (exact) mass is 362 g/mol. The molecule has 0 bridgehead atoms. The SMILES string of the molecule is Cn1ncc2c(N3CCNC(c4ccccc4)C3)nc(C3CCCC3)nc21. The molecule has 5 rings (SSSR count). The molecule has 0 spiro atoms. The van der Waals surface area contributed by atoms with Crippen molar-refractivity contribution in [3.63, 3.8) is 0 Å². The Morgan fingerprint density at radius 1 is 1.07 bits per heavy atom. The van der Waals surface area contributed by atoms with Crippen LogP contribution < -0.4 is 10.2 Å². The van der Waals surface area contributed by atoms with Crippen molar-refractivity contribution in [1.29, 1.82) is 0 Å². The van der Waals surface area contributed by atoms with Gasteiger partial charge in [0.1, 0.15) is 11.6 Å². The largest absolute Gasteiger partial charge is 0.353 e. The minimum Gasteiger partial charge on any atom is -0.353 e. The first-order valence-corrected chi connectivity index (χ1v) is 10.0. The van der Waals surface area contributed by atoms with E-state index in [4.69, 9.17) is 9.97 Å². The van der Waals surface area contributed by atoms with Crippen molar-refractivity contribution in [3.05, 3.63) is 47.9 Å². The lowest BCUT2D eigenvalue weighted by atomic mass is 10.0. The number of nitrogens with one attached hydrogen (secondary N) is 1. The summed E-state index contributed by atoms with van der Waals surface area (Å²) >= 11 is 0. The normalized spacial score (nSPS) is 21.2. The quantitative estimate of drug-likeness (QED) is 0.775. The van der Waals surface area contributed by atoms with Crippen molar-refractivity contribution in [2.45, 2.75) is 37.6 Å². The fraction of sp³-hybridized carbons (Fsp3) is 0.476. The lowest BCUT2D eigenvalue weighted by Gasteiger charge is -2.35. The van der Waals surface area contributed by atoms with Gasteiger partial charge in [0.05, 0.1) is 11.6 Å². The van der Waals surface area contributed by atoms with Crippen LogP contribution in [0.4, 0.5) is 5.82 Å². The van der Waals surface area contributed by atoms with Crippen LogP contribution in [0.3, 0.4) is 0 Å². The molecule has 3 heterocycles. The predicted octanol–water partition coefficient (Wildman–Crippen LogP) is 3.17. The molecular weight excluding hydrogens is 336 g/mol. The predicted molar refractivity (Wildman–Crippen MR) is 107 cm³/mol. The smallest absolute Gasteiger partial charge is 0.163 e. The topological polar surface area (TPSA) is 58.9 Å². The molecule has 0 radical (unpaired) electrons. The summed E-state index contributed by atoms with van der Waals surface area (Å²) in [7, 11) is 1.97. The maximum absolute atomic E-state index is 5.08. The molecular formula is C21H26N6. The van der Waals surface area contributed by atoms with Crippen LogP contribution in [0.15, 0.2) is 36.5 Å². The first-order valence-electron chi connectivity index (χ1n) is 10.0. The average Bonchev–Trinajstić information content (AvgIpc) is 3.39. The number of nitrogens with zero attached hydrogens (tertiary/aromatic N) is 5. The van der Waals surface area contributed by atoms with Crippen molar-refractivity contribution >= 4 is 16.9 Å². The number of fused-ring (bicyclic) bond motifs is 1. The molecule has 1 aliphatic heterocycles. The van der Waals surface area contributed by atoms with Gasteiger partial charge in [0.15, 0.2) is 5.65 Å². The zero-order valence-electron chi connectivity index (χ0n) is 15.8. The molecule has 2 fully saturated rings. The van der Waals surface area contributed by atoms with Gasteiger partial charge >= 0.3 is 0 Å². The van der Waals surface area contributed by atoms with E-state index in [0.29, 0.717) is 12.0 Å². The molecule has 2 aromatic heterocycles. The number of hydrogen-bond acceptors (Lipinski definition) is 5. The van der Waals surface area contributed by atoms with Crippen molar-refractivity contribution in [1.82, 2.24) is 25.1 Å². The highest BCUT2D eigenvalue weighted by Crippen LogP contribution is 2.35. The molecule has 3 aromatic rings. The second-order valence-corrected chi connectivity index (χ2v) is 7.76. The van der Waals surface area contributed by atoms with Crippen LogP contribution in [0.2, 0.25) is 0 Å². The molecule has 1 atom stereocenters. The van der Waals surface area contributed by atoms with Crippen LogP contribution >= 0.6 is 0 Å². The molecule has 1 aromatic carbocycles. The van der Waals surface area contributed by atoms with E-state index in [2.05, 4.69) is 45.6 Å². The lowest BCUT2D eigenvalue weighted by Crippen LogP contribution is -2.46. The van der Waals surface area contributed by atoms with Crippen LogP contribution in [0.25, 0.3) is 11.0 Å². The van der Waals surface area contributed by atoms with E-state index in [0.717, 1.165) is 42.3 Å². The van der Waals surface area contributed by atoms with Crippen LogP contribution in [0, 0.1) is 0 Å². The summed E-state index contributed by atoms with van der Waals surface area (Å²) in [5.41, 5.74) is 2.28. The van der Waals surface area contributed by atoms with Crippen LogP contribution in [-0.2, 0) is 7.05 Å². The maximum Gasteiger partial charge on any atom is 0.163 e. The Labute approximate surface area is 159 Å². The van der Waals surface area contributed by atoms with Gasteiger partial charge in [0, 0.05) is 38.6 Å². The van der Waals surface area contributed by atoms with Gasteiger partial charge in [-0.25, -0.2) is 9.97 Å². The minimum absolute atomic E-state index is 0.316. The van der Waals surface area contributed by atoms with Crippen molar-refractivity contribution in [2.24, 2.45) is 7.05 Å². The van der Waals surface area contributed by atoms with E-state index in [1.807, 2.05) is 17.9 Å². The Kier molecular flexibility index (Phi) is 4.28. The third-order valence-electron chi connectivity index (χ3n) is 5.99. The molecule has 140 valence electrons. The molecule has 6 nitrogen and oxygen atoms in total. The Hall–Kier alpha value is -2.47. The standard InChI is InChI=1S/C21H26N6/c1-26-20-17(13-23-26)21(25-19(24-20)16-9-5-6-10-16)27-12-11-22-18(14-27)15-7-3-2-4-8-15/h2-4,7-8,13,16,18,22H,5-6,9-12,14H2,1H3. The molecule has 6 heteroatoms. The average molecular weight is 362 g/mol.